The Bertz CT molecular complexity index is 454. The Kier molecular flexibility index (Phi) is 5.76. The summed E-state index contributed by atoms with van der Waals surface area (Å²) in [4.78, 5) is 12.5. The molecule has 0 aliphatic carbocycles. The molecule has 0 bridgehead atoms. The summed E-state index contributed by atoms with van der Waals surface area (Å²) in [6, 6.07) is 6.04. The van der Waals surface area contributed by atoms with Crippen molar-refractivity contribution in [2.45, 2.75) is 27.2 Å². The fourth-order valence-corrected chi connectivity index (χ4v) is 2.15. The Morgan fingerprint density at radius 1 is 1.37 bits per heavy atom. The molecular formula is C14H20N2O2S. The molecule has 0 saturated heterocycles. The number of hydrogen-bond donors (Lipinski definition) is 2. The van der Waals surface area contributed by atoms with Crippen LogP contribution < -0.4 is 5.32 Å². The maximum absolute atomic E-state index is 10.6. The number of para-hydroxylation sites is 1. The Morgan fingerprint density at radius 2 is 1.95 bits per heavy atom. The summed E-state index contributed by atoms with van der Waals surface area (Å²) in [5.74, 6) is -0.812. The van der Waals surface area contributed by atoms with Crippen LogP contribution in [0.1, 0.15) is 24.5 Å². The number of thiocarbonyl (C=S) groups is 1. The first-order valence-electron chi connectivity index (χ1n) is 6.29. The second-order valence-electron chi connectivity index (χ2n) is 4.42. The smallest absolute Gasteiger partial charge is 0.305 e. The van der Waals surface area contributed by atoms with Gasteiger partial charge in [-0.2, -0.15) is 0 Å². The monoisotopic (exact) mass is 280 g/mol. The molecule has 0 unspecified atom stereocenters. The van der Waals surface area contributed by atoms with Crippen LogP contribution in [-0.4, -0.2) is 34.2 Å². The van der Waals surface area contributed by atoms with Gasteiger partial charge in [0, 0.05) is 18.8 Å². The third-order valence-corrected chi connectivity index (χ3v) is 3.34. The van der Waals surface area contributed by atoms with Gasteiger partial charge in [0.05, 0.1) is 6.42 Å². The highest BCUT2D eigenvalue weighted by atomic mass is 32.1. The van der Waals surface area contributed by atoms with Gasteiger partial charge in [-0.1, -0.05) is 18.2 Å². The standard InChI is InChI=1S/C14H20N2O2S/c1-4-16(9-8-12(17)18)14(19)15-13-10(2)6-5-7-11(13)3/h5-7H,4,8-9H2,1-3H3,(H,15,19)(H,17,18). The van der Waals surface area contributed by atoms with Gasteiger partial charge in [0.15, 0.2) is 5.11 Å². The minimum atomic E-state index is -0.812. The van der Waals surface area contributed by atoms with E-state index in [2.05, 4.69) is 5.32 Å². The number of carboxylic acid groups (broad SMARTS) is 1. The molecule has 0 aromatic heterocycles. The molecule has 0 spiro atoms. The van der Waals surface area contributed by atoms with Gasteiger partial charge in [0.2, 0.25) is 0 Å². The van der Waals surface area contributed by atoms with Gasteiger partial charge in [0.25, 0.3) is 0 Å². The van der Waals surface area contributed by atoms with Gasteiger partial charge in [-0.3, -0.25) is 4.79 Å². The van der Waals surface area contributed by atoms with E-state index in [1.807, 2.05) is 43.9 Å². The van der Waals surface area contributed by atoms with E-state index < -0.39 is 5.97 Å². The molecule has 0 aliphatic heterocycles. The van der Waals surface area contributed by atoms with E-state index in [1.54, 1.807) is 0 Å². The van der Waals surface area contributed by atoms with E-state index in [0.29, 0.717) is 18.2 Å². The van der Waals surface area contributed by atoms with E-state index in [1.165, 1.54) is 0 Å². The molecule has 1 aromatic carbocycles. The maximum Gasteiger partial charge on any atom is 0.305 e. The molecule has 1 aromatic rings. The van der Waals surface area contributed by atoms with Crippen LogP contribution >= 0.6 is 12.2 Å². The highest BCUT2D eigenvalue weighted by Crippen LogP contribution is 2.19. The predicted octanol–water partition coefficient (Wildman–Crippen LogP) is 2.80. The van der Waals surface area contributed by atoms with Crippen molar-refractivity contribution in [1.29, 1.82) is 0 Å². The van der Waals surface area contributed by atoms with Crippen LogP contribution in [-0.2, 0) is 4.79 Å². The van der Waals surface area contributed by atoms with Crippen LogP contribution in [0.25, 0.3) is 0 Å². The zero-order valence-corrected chi connectivity index (χ0v) is 12.4. The van der Waals surface area contributed by atoms with Gasteiger partial charge in [-0.25, -0.2) is 0 Å². The van der Waals surface area contributed by atoms with E-state index >= 15 is 0 Å². The number of anilines is 1. The fraction of sp³-hybridized carbons (Fsp3) is 0.429. The zero-order valence-electron chi connectivity index (χ0n) is 11.6. The number of carbonyl (C=O) groups is 1. The molecule has 0 radical (unpaired) electrons. The van der Waals surface area contributed by atoms with Crippen LogP contribution in [0.3, 0.4) is 0 Å². The number of benzene rings is 1. The zero-order chi connectivity index (χ0) is 14.4. The molecule has 19 heavy (non-hydrogen) atoms. The number of carboxylic acids is 1. The van der Waals surface area contributed by atoms with Crippen molar-refractivity contribution in [1.82, 2.24) is 4.90 Å². The minimum absolute atomic E-state index is 0.0857. The molecule has 0 fully saturated rings. The Balaban J connectivity index is 2.74. The van der Waals surface area contributed by atoms with Crippen molar-refractivity contribution in [3.63, 3.8) is 0 Å². The van der Waals surface area contributed by atoms with Gasteiger partial charge >= 0.3 is 5.97 Å². The van der Waals surface area contributed by atoms with Gasteiger partial charge in [0.1, 0.15) is 0 Å². The fourth-order valence-electron chi connectivity index (χ4n) is 1.83. The SMILES string of the molecule is CCN(CCC(=O)O)C(=S)Nc1c(C)cccc1C. The van der Waals surface area contributed by atoms with Gasteiger partial charge < -0.3 is 15.3 Å². The molecule has 2 N–H and O–H groups in total. The van der Waals surface area contributed by atoms with Gasteiger partial charge in [-0.15, -0.1) is 0 Å². The van der Waals surface area contributed by atoms with Crippen molar-refractivity contribution in [2.75, 3.05) is 18.4 Å². The summed E-state index contributed by atoms with van der Waals surface area (Å²) in [6.45, 7) is 7.10. The first-order chi connectivity index (χ1) is 8.95. The lowest BCUT2D eigenvalue weighted by Crippen LogP contribution is -2.36. The number of aryl methyl sites for hydroxylation is 2. The minimum Gasteiger partial charge on any atom is -0.481 e. The van der Waals surface area contributed by atoms with Crippen LogP contribution in [0, 0.1) is 13.8 Å². The number of rotatable bonds is 5. The molecule has 0 saturated carbocycles. The van der Waals surface area contributed by atoms with Crippen LogP contribution in [0.2, 0.25) is 0 Å². The summed E-state index contributed by atoms with van der Waals surface area (Å²) in [5, 5.41) is 12.5. The molecule has 1 rings (SSSR count). The van der Waals surface area contributed by atoms with Crippen molar-refractivity contribution in [3.05, 3.63) is 29.3 Å². The number of nitrogens with one attached hydrogen (secondary N) is 1. The normalized spacial score (nSPS) is 10.1. The molecular weight excluding hydrogens is 260 g/mol. The van der Waals surface area contributed by atoms with Crippen LogP contribution in [0.15, 0.2) is 18.2 Å². The summed E-state index contributed by atoms with van der Waals surface area (Å²) >= 11 is 5.35. The molecule has 104 valence electrons. The van der Waals surface area contributed by atoms with Crippen LogP contribution in [0.5, 0.6) is 0 Å². The number of aliphatic carboxylic acids is 1. The van der Waals surface area contributed by atoms with E-state index in [9.17, 15) is 4.79 Å². The van der Waals surface area contributed by atoms with Crippen molar-refractivity contribution >= 4 is 29.0 Å². The third-order valence-electron chi connectivity index (χ3n) is 2.98. The molecule has 4 nitrogen and oxygen atoms in total. The number of hydrogen-bond acceptors (Lipinski definition) is 2. The second kappa shape index (κ2) is 7.09. The first-order valence-corrected chi connectivity index (χ1v) is 6.70. The van der Waals surface area contributed by atoms with Gasteiger partial charge in [-0.05, 0) is 44.1 Å². The first kappa shape index (κ1) is 15.4. The van der Waals surface area contributed by atoms with E-state index in [4.69, 9.17) is 17.3 Å². The summed E-state index contributed by atoms with van der Waals surface area (Å²) in [7, 11) is 0. The molecule has 5 heteroatoms. The Labute approximate surface area is 119 Å². The quantitative estimate of drug-likeness (QED) is 0.812. The highest BCUT2D eigenvalue weighted by Gasteiger charge is 2.11. The Hall–Kier alpha value is -1.62. The number of nitrogens with zero attached hydrogens (tertiary/aromatic N) is 1. The third kappa shape index (κ3) is 4.52. The lowest BCUT2D eigenvalue weighted by atomic mass is 10.1. The largest absolute Gasteiger partial charge is 0.481 e. The molecule has 0 aliphatic rings. The highest BCUT2D eigenvalue weighted by molar-refractivity contribution is 7.80. The van der Waals surface area contributed by atoms with Crippen molar-refractivity contribution in [3.8, 4) is 0 Å². The van der Waals surface area contributed by atoms with Crippen LogP contribution in [0.4, 0.5) is 5.69 Å². The maximum atomic E-state index is 10.6. The summed E-state index contributed by atoms with van der Waals surface area (Å²) < 4.78 is 0. The average molecular weight is 280 g/mol. The molecule has 0 amide bonds. The van der Waals surface area contributed by atoms with Crippen molar-refractivity contribution in [2.24, 2.45) is 0 Å². The lowest BCUT2D eigenvalue weighted by molar-refractivity contribution is -0.137. The van der Waals surface area contributed by atoms with E-state index in [0.717, 1.165) is 16.8 Å². The van der Waals surface area contributed by atoms with E-state index in [-0.39, 0.29) is 6.42 Å². The lowest BCUT2D eigenvalue weighted by Gasteiger charge is -2.25. The molecule has 0 heterocycles. The summed E-state index contributed by atoms with van der Waals surface area (Å²) in [5.41, 5.74) is 3.24. The average Bonchev–Trinajstić information content (AvgIpc) is 2.34. The van der Waals surface area contributed by atoms with Crippen molar-refractivity contribution < 1.29 is 9.90 Å². The second-order valence-corrected chi connectivity index (χ2v) is 4.81. The summed E-state index contributed by atoms with van der Waals surface area (Å²) in [6.07, 6.45) is 0.0857. The Morgan fingerprint density at radius 3 is 2.42 bits per heavy atom. The predicted molar refractivity (Wildman–Crippen MR) is 81.6 cm³/mol. The molecule has 0 atom stereocenters. The topological polar surface area (TPSA) is 52.6 Å².